The average molecular weight is 313 g/mol. The Morgan fingerprint density at radius 1 is 1.05 bits per heavy atom. The minimum Gasteiger partial charge on any atom is -0.338 e. The summed E-state index contributed by atoms with van der Waals surface area (Å²) in [5.41, 5.74) is 0.847. The molecule has 0 saturated carbocycles. The first kappa shape index (κ1) is 15.6. The van der Waals surface area contributed by atoms with Crippen LogP contribution in [0, 0.1) is 11.6 Å². The third-order valence-corrected chi connectivity index (χ3v) is 3.28. The molecule has 1 N–H and O–H groups in total. The lowest BCUT2D eigenvalue weighted by molar-refractivity contribution is 0.579. The smallest absolute Gasteiger partial charge is 0.225 e. The maximum Gasteiger partial charge on any atom is 0.225 e. The van der Waals surface area contributed by atoms with Gasteiger partial charge in [-0.15, -0.1) is 12.4 Å². The molecule has 1 saturated heterocycles. The molecule has 2 aromatic rings. The molecule has 2 heterocycles. The number of benzene rings is 1. The van der Waals surface area contributed by atoms with E-state index in [4.69, 9.17) is 0 Å². The average Bonchev–Trinajstić information content (AvgIpc) is 2.48. The number of rotatable bonds is 2. The summed E-state index contributed by atoms with van der Waals surface area (Å²) in [6, 6.07) is 3.48. The second kappa shape index (κ2) is 6.78. The van der Waals surface area contributed by atoms with Crippen molar-refractivity contribution in [1.82, 2.24) is 15.3 Å². The Bertz CT molecular complexity index is 600. The Balaban J connectivity index is 0.00000161. The topological polar surface area (TPSA) is 41.1 Å². The van der Waals surface area contributed by atoms with Gasteiger partial charge < -0.3 is 10.2 Å². The first-order chi connectivity index (χ1) is 9.74. The van der Waals surface area contributed by atoms with Crippen LogP contribution in [0.15, 0.2) is 30.6 Å². The van der Waals surface area contributed by atoms with Gasteiger partial charge in [0, 0.05) is 55.8 Å². The monoisotopic (exact) mass is 312 g/mol. The Morgan fingerprint density at radius 3 is 2.33 bits per heavy atom. The fourth-order valence-corrected chi connectivity index (χ4v) is 2.21. The van der Waals surface area contributed by atoms with Crippen LogP contribution in [0.1, 0.15) is 0 Å². The molecule has 0 amide bonds. The lowest BCUT2D eigenvalue weighted by Crippen LogP contribution is -2.44. The zero-order valence-corrected chi connectivity index (χ0v) is 12.0. The fraction of sp³-hybridized carbons (Fsp3) is 0.286. The molecule has 1 aliphatic rings. The zero-order chi connectivity index (χ0) is 13.9. The van der Waals surface area contributed by atoms with Crippen LogP contribution in [0.2, 0.25) is 0 Å². The molecule has 1 aliphatic heterocycles. The second-order valence-electron chi connectivity index (χ2n) is 4.63. The molecule has 0 spiro atoms. The van der Waals surface area contributed by atoms with E-state index in [1.807, 2.05) is 0 Å². The number of piperazine rings is 1. The van der Waals surface area contributed by atoms with Gasteiger partial charge in [-0.25, -0.2) is 18.7 Å². The van der Waals surface area contributed by atoms with Crippen LogP contribution >= 0.6 is 12.4 Å². The molecule has 7 heteroatoms. The largest absolute Gasteiger partial charge is 0.338 e. The highest BCUT2D eigenvalue weighted by molar-refractivity contribution is 5.85. The van der Waals surface area contributed by atoms with Crippen LogP contribution < -0.4 is 10.2 Å². The number of nitrogens with one attached hydrogen (secondary N) is 1. The van der Waals surface area contributed by atoms with Crippen molar-refractivity contribution in [3.8, 4) is 11.1 Å². The van der Waals surface area contributed by atoms with E-state index >= 15 is 0 Å². The summed E-state index contributed by atoms with van der Waals surface area (Å²) in [6.45, 7) is 3.50. The number of anilines is 1. The van der Waals surface area contributed by atoms with Crippen LogP contribution in [-0.2, 0) is 0 Å². The molecule has 1 aromatic carbocycles. The number of halogens is 3. The highest BCUT2D eigenvalue weighted by Crippen LogP contribution is 2.23. The van der Waals surface area contributed by atoms with Gasteiger partial charge in [-0.1, -0.05) is 0 Å². The van der Waals surface area contributed by atoms with Gasteiger partial charge in [0.25, 0.3) is 0 Å². The lowest BCUT2D eigenvalue weighted by Gasteiger charge is -2.27. The third-order valence-electron chi connectivity index (χ3n) is 3.28. The van der Waals surface area contributed by atoms with Gasteiger partial charge in [0.05, 0.1) is 0 Å². The molecule has 21 heavy (non-hydrogen) atoms. The van der Waals surface area contributed by atoms with Crippen LogP contribution in [0.5, 0.6) is 0 Å². The fourth-order valence-electron chi connectivity index (χ4n) is 2.21. The summed E-state index contributed by atoms with van der Waals surface area (Å²) in [6.07, 6.45) is 3.14. The van der Waals surface area contributed by atoms with Crippen LogP contribution in [-0.4, -0.2) is 36.1 Å². The molecule has 1 fully saturated rings. The molecule has 0 aliphatic carbocycles. The van der Waals surface area contributed by atoms with Gasteiger partial charge in [-0.3, -0.25) is 0 Å². The van der Waals surface area contributed by atoms with E-state index in [0.717, 1.165) is 32.2 Å². The maximum absolute atomic E-state index is 13.7. The first-order valence-corrected chi connectivity index (χ1v) is 6.47. The van der Waals surface area contributed by atoms with Crippen molar-refractivity contribution < 1.29 is 8.78 Å². The van der Waals surface area contributed by atoms with Gasteiger partial charge >= 0.3 is 0 Å². The Kier molecular flexibility index (Phi) is 5.03. The summed E-state index contributed by atoms with van der Waals surface area (Å²) < 4.78 is 26.6. The van der Waals surface area contributed by atoms with Gasteiger partial charge in [0.15, 0.2) is 0 Å². The number of aromatic nitrogens is 2. The zero-order valence-electron chi connectivity index (χ0n) is 11.2. The number of hydrogen-bond acceptors (Lipinski definition) is 4. The van der Waals surface area contributed by atoms with Crippen LogP contribution in [0.25, 0.3) is 11.1 Å². The van der Waals surface area contributed by atoms with Crippen molar-refractivity contribution in [1.29, 1.82) is 0 Å². The molecule has 0 unspecified atom stereocenters. The van der Waals surface area contributed by atoms with E-state index in [0.29, 0.717) is 17.1 Å². The quantitative estimate of drug-likeness (QED) is 0.923. The lowest BCUT2D eigenvalue weighted by atomic mass is 10.1. The van der Waals surface area contributed by atoms with Crippen molar-refractivity contribution in [3.05, 3.63) is 42.2 Å². The van der Waals surface area contributed by atoms with Crippen molar-refractivity contribution >= 4 is 18.4 Å². The molecule has 3 rings (SSSR count). The maximum atomic E-state index is 13.7. The van der Waals surface area contributed by atoms with E-state index in [1.165, 1.54) is 12.1 Å². The molecular weight excluding hydrogens is 298 g/mol. The molecule has 112 valence electrons. The Morgan fingerprint density at radius 2 is 1.71 bits per heavy atom. The second-order valence-corrected chi connectivity index (χ2v) is 4.63. The summed E-state index contributed by atoms with van der Waals surface area (Å²) in [4.78, 5) is 10.6. The van der Waals surface area contributed by atoms with Crippen LogP contribution in [0.3, 0.4) is 0 Å². The minimum atomic E-state index is -0.608. The highest BCUT2D eigenvalue weighted by Gasteiger charge is 2.13. The Hall–Kier alpha value is -1.79. The Labute approximate surface area is 127 Å². The molecule has 4 nitrogen and oxygen atoms in total. The van der Waals surface area contributed by atoms with Crippen molar-refractivity contribution in [3.63, 3.8) is 0 Å². The standard InChI is InChI=1S/C14H14F2N4.ClH/c15-11-1-2-12(13(16)7-11)10-8-18-14(19-9-10)20-5-3-17-4-6-20;/h1-2,7-9,17H,3-6H2;1H. The van der Waals surface area contributed by atoms with Crippen molar-refractivity contribution in [2.45, 2.75) is 0 Å². The molecule has 0 bridgehead atoms. The minimum absolute atomic E-state index is 0. The van der Waals surface area contributed by atoms with E-state index in [1.54, 1.807) is 12.4 Å². The van der Waals surface area contributed by atoms with E-state index < -0.39 is 11.6 Å². The molecule has 0 radical (unpaired) electrons. The summed E-state index contributed by atoms with van der Waals surface area (Å²) in [5, 5.41) is 3.25. The SMILES string of the molecule is Cl.Fc1ccc(-c2cnc(N3CCNCC3)nc2)c(F)c1. The summed E-state index contributed by atoms with van der Waals surface area (Å²) in [5.74, 6) is -0.564. The van der Waals surface area contributed by atoms with Gasteiger partial charge in [0.1, 0.15) is 11.6 Å². The van der Waals surface area contributed by atoms with Gasteiger partial charge in [-0.2, -0.15) is 0 Å². The molecular formula is C14H15ClF2N4. The van der Waals surface area contributed by atoms with Crippen molar-refractivity contribution in [2.24, 2.45) is 0 Å². The van der Waals surface area contributed by atoms with Gasteiger partial charge in [0.2, 0.25) is 5.95 Å². The highest BCUT2D eigenvalue weighted by atomic mass is 35.5. The van der Waals surface area contributed by atoms with Crippen molar-refractivity contribution in [2.75, 3.05) is 31.1 Å². The summed E-state index contributed by atoms with van der Waals surface area (Å²) >= 11 is 0. The normalized spacial score (nSPS) is 14.7. The number of nitrogens with zero attached hydrogens (tertiary/aromatic N) is 3. The summed E-state index contributed by atoms with van der Waals surface area (Å²) in [7, 11) is 0. The van der Waals surface area contributed by atoms with E-state index in [-0.39, 0.29) is 12.4 Å². The molecule has 0 atom stereocenters. The third kappa shape index (κ3) is 3.46. The van der Waals surface area contributed by atoms with Gasteiger partial charge in [-0.05, 0) is 12.1 Å². The predicted molar refractivity (Wildman–Crippen MR) is 79.7 cm³/mol. The number of hydrogen-bond donors (Lipinski definition) is 1. The van der Waals surface area contributed by atoms with E-state index in [9.17, 15) is 8.78 Å². The van der Waals surface area contributed by atoms with E-state index in [2.05, 4.69) is 20.2 Å². The molecule has 1 aromatic heterocycles. The van der Waals surface area contributed by atoms with Crippen LogP contribution in [0.4, 0.5) is 14.7 Å². The predicted octanol–water partition coefficient (Wildman–Crippen LogP) is 2.25. The first-order valence-electron chi connectivity index (χ1n) is 6.47.